The number of rotatable bonds is 4. The van der Waals surface area contributed by atoms with Gasteiger partial charge in [-0.1, -0.05) is 12.1 Å². The van der Waals surface area contributed by atoms with Crippen molar-refractivity contribution in [3.63, 3.8) is 0 Å². The number of hydrogen-bond acceptors (Lipinski definition) is 4. The van der Waals surface area contributed by atoms with Crippen LogP contribution in [0.25, 0.3) is 0 Å². The van der Waals surface area contributed by atoms with Crippen molar-refractivity contribution in [3.05, 3.63) is 47.8 Å². The maximum atomic E-state index is 12.6. The first kappa shape index (κ1) is 15.6. The molecule has 0 unspecified atom stereocenters. The molecule has 1 aliphatic rings. The number of H-pyrrole nitrogens is 1. The quantitative estimate of drug-likeness (QED) is 0.903. The second-order valence-electron chi connectivity index (χ2n) is 6.02. The molecule has 2 heterocycles. The number of aliphatic hydroxyl groups is 1. The molecule has 0 aliphatic carbocycles. The molecule has 0 spiro atoms. The Bertz CT molecular complexity index is 665. The average molecular weight is 315 g/mol. The number of likely N-dealkylation sites (tertiary alicyclic amines) is 1. The van der Waals surface area contributed by atoms with E-state index in [4.69, 9.17) is 4.74 Å². The molecule has 6 heteroatoms. The standard InChI is InChI=1S/C17H21N3O3/c1-17(22,13-5-7-14(23-2)8-6-13)15-4-3-9-20(15)16(21)12-10-18-19-11-12/h5-8,10-11,15,22H,3-4,9H2,1-2H3,(H,18,19)/t15-,17+/m1/s1. The number of methoxy groups -OCH3 is 1. The van der Waals surface area contributed by atoms with Gasteiger partial charge in [-0.05, 0) is 37.5 Å². The summed E-state index contributed by atoms with van der Waals surface area (Å²) in [5.74, 6) is 0.636. The highest BCUT2D eigenvalue weighted by Gasteiger charge is 2.42. The largest absolute Gasteiger partial charge is 0.497 e. The van der Waals surface area contributed by atoms with Gasteiger partial charge in [-0.2, -0.15) is 5.10 Å². The molecule has 122 valence electrons. The Kier molecular flexibility index (Phi) is 4.09. The number of nitrogens with one attached hydrogen (secondary N) is 1. The van der Waals surface area contributed by atoms with Gasteiger partial charge in [0, 0.05) is 12.7 Å². The Balaban J connectivity index is 1.86. The van der Waals surface area contributed by atoms with E-state index >= 15 is 0 Å². The van der Waals surface area contributed by atoms with Gasteiger partial charge in [-0.15, -0.1) is 0 Å². The zero-order chi connectivity index (χ0) is 16.4. The number of ether oxygens (including phenoxy) is 1. The number of nitrogens with zero attached hydrogens (tertiary/aromatic N) is 2. The molecule has 1 amide bonds. The number of hydrogen-bond donors (Lipinski definition) is 2. The first-order valence-electron chi connectivity index (χ1n) is 7.70. The van der Waals surface area contributed by atoms with E-state index in [0.717, 1.165) is 24.2 Å². The molecular weight excluding hydrogens is 294 g/mol. The summed E-state index contributed by atoms with van der Waals surface area (Å²) in [6, 6.07) is 7.07. The highest BCUT2D eigenvalue weighted by molar-refractivity contribution is 5.94. The smallest absolute Gasteiger partial charge is 0.257 e. The summed E-state index contributed by atoms with van der Waals surface area (Å²) in [6.45, 7) is 2.40. The van der Waals surface area contributed by atoms with Gasteiger partial charge in [0.2, 0.25) is 0 Å². The molecule has 2 atom stereocenters. The van der Waals surface area contributed by atoms with Crippen LogP contribution in [0.4, 0.5) is 0 Å². The molecule has 0 radical (unpaired) electrons. The summed E-state index contributed by atoms with van der Waals surface area (Å²) in [7, 11) is 1.61. The third-order valence-electron chi connectivity index (χ3n) is 4.58. The number of aromatic nitrogens is 2. The monoisotopic (exact) mass is 315 g/mol. The topological polar surface area (TPSA) is 78.5 Å². The minimum Gasteiger partial charge on any atom is -0.497 e. The molecule has 1 aliphatic heterocycles. The van der Waals surface area contributed by atoms with Crippen molar-refractivity contribution in [2.75, 3.05) is 13.7 Å². The Labute approximate surface area is 135 Å². The molecule has 1 aromatic heterocycles. The molecule has 2 aromatic rings. The molecular formula is C17H21N3O3. The van der Waals surface area contributed by atoms with E-state index in [2.05, 4.69) is 10.2 Å². The highest BCUT2D eigenvalue weighted by Crippen LogP contribution is 2.36. The highest BCUT2D eigenvalue weighted by atomic mass is 16.5. The Morgan fingerprint density at radius 2 is 2.17 bits per heavy atom. The lowest BCUT2D eigenvalue weighted by Gasteiger charge is -2.36. The van der Waals surface area contributed by atoms with Crippen molar-refractivity contribution in [1.82, 2.24) is 15.1 Å². The zero-order valence-corrected chi connectivity index (χ0v) is 13.3. The third-order valence-corrected chi connectivity index (χ3v) is 4.58. The maximum absolute atomic E-state index is 12.6. The predicted octanol–water partition coefficient (Wildman–Crippen LogP) is 1.93. The second kappa shape index (κ2) is 6.04. The number of carbonyl (C=O) groups is 1. The van der Waals surface area contributed by atoms with Crippen LogP contribution in [0.1, 0.15) is 35.7 Å². The summed E-state index contributed by atoms with van der Waals surface area (Å²) in [6.07, 6.45) is 4.74. The zero-order valence-electron chi connectivity index (χ0n) is 13.3. The lowest BCUT2D eigenvalue weighted by atomic mass is 9.86. The Morgan fingerprint density at radius 3 is 2.78 bits per heavy atom. The number of carbonyl (C=O) groups excluding carboxylic acids is 1. The summed E-state index contributed by atoms with van der Waals surface area (Å²) in [5.41, 5.74) is 0.167. The first-order chi connectivity index (χ1) is 11.0. The van der Waals surface area contributed by atoms with Gasteiger partial charge >= 0.3 is 0 Å². The van der Waals surface area contributed by atoms with Crippen LogP contribution in [-0.2, 0) is 5.60 Å². The molecule has 1 fully saturated rings. The molecule has 0 bridgehead atoms. The van der Waals surface area contributed by atoms with E-state index in [1.54, 1.807) is 25.1 Å². The van der Waals surface area contributed by atoms with Gasteiger partial charge in [0.1, 0.15) is 11.4 Å². The minimum absolute atomic E-state index is 0.102. The van der Waals surface area contributed by atoms with Crippen molar-refractivity contribution in [3.8, 4) is 5.75 Å². The van der Waals surface area contributed by atoms with Gasteiger partial charge in [-0.3, -0.25) is 9.89 Å². The SMILES string of the molecule is COc1ccc([C@](C)(O)[C@H]2CCCN2C(=O)c2cn[nH]c2)cc1. The predicted molar refractivity (Wildman–Crippen MR) is 85.2 cm³/mol. The van der Waals surface area contributed by atoms with Gasteiger partial charge in [-0.25, -0.2) is 0 Å². The van der Waals surface area contributed by atoms with Crippen LogP contribution in [-0.4, -0.2) is 45.8 Å². The summed E-state index contributed by atoms with van der Waals surface area (Å²) in [4.78, 5) is 14.4. The second-order valence-corrected chi connectivity index (χ2v) is 6.02. The first-order valence-corrected chi connectivity index (χ1v) is 7.70. The lowest BCUT2D eigenvalue weighted by Crippen LogP contribution is -2.48. The number of amides is 1. The van der Waals surface area contributed by atoms with Gasteiger partial charge in [0.15, 0.2) is 0 Å². The van der Waals surface area contributed by atoms with Crippen LogP contribution in [0.2, 0.25) is 0 Å². The molecule has 23 heavy (non-hydrogen) atoms. The minimum atomic E-state index is -1.12. The lowest BCUT2D eigenvalue weighted by molar-refractivity contribution is -0.0177. The van der Waals surface area contributed by atoms with Crippen LogP contribution in [0, 0.1) is 0 Å². The van der Waals surface area contributed by atoms with E-state index in [1.807, 2.05) is 24.3 Å². The van der Waals surface area contributed by atoms with Crippen LogP contribution < -0.4 is 4.74 Å². The average Bonchev–Trinajstić information content (AvgIpc) is 3.25. The van der Waals surface area contributed by atoms with Crippen LogP contribution in [0.15, 0.2) is 36.7 Å². The van der Waals surface area contributed by atoms with E-state index in [9.17, 15) is 9.90 Å². The molecule has 1 aromatic carbocycles. The van der Waals surface area contributed by atoms with Crippen LogP contribution in [0.3, 0.4) is 0 Å². The fraction of sp³-hybridized carbons (Fsp3) is 0.412. The van der Waals surface area contributed by atoms with Crippen molar-refractivity contribution in [2.45, 2.75) is 31.4 Å². The summed E-state index contributed by atoms with van der Waals surface area (Å²) < 4.78 is 5.16. The maximum Gasteiger partial charge on any atom is 0.257 e. The number of aromatic amines is 1. The van der Waals surface area contributed by atoms with Gasteiger partial charge < -0.3 is 14.7 Å². The van der Waals surface area contributed by atoms with Crippen molar-refractivity contribution in [2.24, 2.45) is 0 Å². The molecule has 3 rings (SSSR count). The fourth-order valence-electron chi connectivity index (χ4n) is 3.25. The molecule has 0 saturated carbocycles. The van der Waals surface area contributed by atoms with E-state index in [1.165, 1.54) is 6.20 Å². The van der Waals surface area contributed by atoms with Crippen LogP contribution in [0.5, 0.6) is 5.75 Å². The van der Waals surface area contributed by atoms with Crippen molar-refractivity contribution in [1.29, 1.82) is 0 Å². The Morgan fingerprint density at radius 1 is 1.43 bits per heavy atom. The fourth-order valence-corrected chi connectivity index (χ4v) is 3.25. The summed E-state index contributed by atoms with van der Waals surface area (Å²) in [5, 5.41) is 17.6. The number of benzene rings is 1. The van der Waals surface area contributed by atoms with Gasteiger partial charge in [0.25, 0.3) is 5.91 Å². The molecule has 1 saturated heterocycles. The summed E-state index contributed by atoms with van der Waals surface area (Å²) >= 11 is 0. The Hall–Kier alpha value is -2.34. The normalized spacial score (nSPS) is 20.3. The molecule has 2 N–H and O–H groups in total. The molecule has 6 nitrogen and oxygen atoms in total. The van der Waals surface area contributed by atoms with Crippen LogP contribution >= 0.6 is 0 Å². The van der Waals surface area contributed by atoms with Crippen molar-refractivity contribution >= 4 is 5.91 Å². The van der Waals surface area contributed by atoms with E-state index in [-0.39, 0.29) is 11.9 Å². The van der Waals surface area contributed by atoms with Gasteiger partial charge in [0.05, 0.1) is 24.9 Å². The third kappa shape index (κ3) is 2.82. The van der Waals surface area contributed by atoms with E-state index in [0.29, 0.717) is 12.1 Å². The van der Waals surface area contributed by atoms with E-state index < -0.39 is 5.60 Å². The van der Waals surface area contributed by atoms with Crippen molar-refractivity contribution < 1.29 is 14.6 Å².